The molecular formula is C10H7NO2. The summed E-state index contributed by atoms with van der Waals surface area (Å²) in [5.74, 6) is 1.62. The average Bonchev–Trinajstić information content (AvgIpc) is 2.61. The van der Waals surface area contributed by atoms with E-state index >= 15 is 0 Å². The highest BCUT2D eigenvalue weighted by atomic mass is 16.6. The van der Waals surface area contributed by atoms with Crippen LogP contribution in [0.15, 0.2) is 35.0 Å². The maximum Gasteiger partial charge on any atom is 0.250 e. The standard InChI is InChI=1S/C10H7NO2/c1-2-4-8-7(3-1)5-9-10(13-8)11-6-12-9/h1-6,10H. The Bertz CT molecular complexity index is 409. The Morgan fingerprint density at radius 2 is 2.15 bits per heavy atom. The maximum atomic E-state index is 5.56. The van der Waals surface area contributed by atoms with E-state index < -0.39 is 0 Å². The van der Waals surface area contributed by atoms with Crippen LogP contribution < -0.4 is 4.74 Å². The third-order valence-corrected chi connectivity index (χ3v) is 2.08. The molecule has 0 amide bonds. The summed E-state index contributed by atoms with van der Waals surface area (Å²) >= 11 is 0. The van der Waals surface area contributed by atoms with Crippen LogP contribution in [0.25, 0.3) is 6.08 Å². The second kappa shape index (κ2) is 2.36. The lowest BCUT2D eigenvalue weighted by molar-refractivity contribution is 0.212. The highest BCUT2D eigenvalue weighted by Gasteiger charge is 2.25. The molecule has 0 aliphatic carbocycles. The molecule has 2 heterocycles. The lowest BCUT2D eigenvalue weighted by atomic mass is 10.1. The van der Waals surface area contributed by atoms with Crippen molar-refractivity contribution in [2.75, 3.05) is 0 Å². The highest BCUT2D eigenvalue weighted by Crippen LogP contribution is 2.31. The molecule has 64 valence electrons. The zero-order valence-electron chi connectivity index (χ0n) is 6.81. The summed E-state index contributed by atoms with van der Waals surface area (Å²) < 4.78 is 10.7. The van der Waals surface area contributed by atoms with Gasteiger partial charge < -0.3 is 9.47 Å². The minimum absolute atomic E-state index is 0.269. The third-order valence-electron chi connectivity index (χ3n) is 2.08. The van der Waals surface area contributed by atoms with Gasteiger partial charge in [0, 0.05) is 5.56 Å². The first-order chi connectivity index (χ1) is 6.43. The van der Waals surface area contributed by atoms with Crippen molar-refractivity contribution in [2.45, 2.75) is 6.23 Å². The molecule has 2 aliphatic rings. The second-order valence-electron chi connectivity index (χ2n) is 2.93. The molecule has 1 unspecified atom stereocenters. The van der Waals surface area contributed by atoms with Crippen molar-refractivity contribution < 1.29 is 9.47 Å². The van der Waals surface area contributed by atoms with Crippen molar-refractivity contribution in [3.8, 4) is 5.75 Å². The van der Waals surface area contributed by atoms with Crippen LogP contribution in [0.3, 0.4) is 0 Å². The SMILES string of the molecule is C1=NC2Oc3ccccc3C=C2O1. The Balaban J connectivity index is 2.13. The van der Waals surface area contributed by atoms with Crippen molar-refractivity contribution in [3.05, 3.63) is 35.6 Å². The number of hydrogen-bond donors (Lipinski definition) is 0. The number of ether oxygens (including phenoxy) is 2. The smallest absolute Gasteiger partial charge is 0.250 e. The minimum Gasteiger partial charge on any atom is -0.460 e. The Morgan fingerprint density at radius 1 is 1.23 bits per heavy atom. The number of hydrogen-bond acceptors (Lipinski definition) is 3. The van der Waals surface area contributed by atoms with Crippen LogP contribution in [-0.4, -0.2) is 12.6 Å². The first-order valence-corrected chi connectivity index (χ1v) is 4.09. The molecule has 0 fully saturated rings. The molecule has 3 heteroatoms. The van der Waals surface area contributed by atoms with Gasteiger partial charge in [0.05, 0.1) is 0 Å². The molecule has 3 rings (SSSR count). The summed E-state index contributed by atoms with van der Waals surface area (Å²) in [6.07, 6.45) is 3.11. The molecule has 1 aromatic carbocycles. The molecule has 0 spiro atoms. The van der Waals surface area contributed by atoms with Gasteiger partial charge >= 0.3 is 0 Å². The fourth-order valence-electron chi connectivity index (χ4n) is 1.45. The number of rotatable bonds is 0. The van der Waals surface area contributed by atoms with Gasteiger partial charge in [0.2, 0.25) is 0 Å². The van der Waals surface area contributed by atoms with Gasteiger partial charge in [-0.15, -0.1) is 0 Å². The van der Waals surface area contributed by atoms with Gasteiger partial charge in [-0.1, -0.05) is 18.2 Å². The molecule has 0 saturated heterocycles. The van der Waals surface area contributed by atoms with Gasteiger partial charge in [0.25, 0.3) is 6.23 Å². The van der Waals surface area contributed by atoms with Crippen LogP contribution in [0, 0.1) is 0 Å². The van der Waals surface area contributed by atoms with E-state index in [1.807, 2.05) is 30.3 Å². The fraction of sp³-hybridized carbons (Fsp3) is 0.100. The van der Waals surface area contributed by atoms with E-state index in [1.165, 1.54) is 6.40 Å². The van der Waals surface area contributed by atoms with Gasteiger partial charge in [0.15, 0.2) is 12.2 Å². The van der Waals surface area contributed by atoms with E-state index in [1.54, 1.807) is 0 Å². The molecule has 1 aromatic rings. The van der Waals surface area contributed by atoms with Crippen molar-refractivity contribution in [3.63, 3.8) is 0 Å². The molecule has 0 saturated carbocycles. The third kappa shape index (κ3) is 0.935. The van der Waals surface area contributed by atoms with Crippen LogP contribution in [0.1, 0.15) is 5.56 Å². The quantitative estimate of drug-likeness (QED) is 0.599. The molecule has 0 radical (unpaired) electrons. The second-order valence-corrected chi connectivity index (χ2v) is 2.93. The molecule has 13 heavy (non-hydrogen) atoms. The van der Waals surface area contributed by atoms with Crippen LogP contribution >= 0.6 is 0 Å². The lowest BCUT2D eigenvalue weighted by Crippen LogP contribution is -2.17. The van der Waals surface area contributed by atoms with Gasteiger partial charge in [-0.3, -0.25) is 0 Å². The van der Waals surface area contributed by atoms with Crippen molar-refractivity contribution in [1.29, 1.82) is 0 Å². The minimum atomic E-state index is -0.269. The molecule has 0 bridgehead atoms. The first-order valence-electron chi connectivity index (χ1n) is 4.09. The predicted molar refractivity (Wildman–Crippen MR) is 48.4 cm³/mol. The van der Waals surface area contributed by atoms with E-state index in [4.69, 9.17) is 9.47 Å². The van der Waals surface area contributed by atoms with E-state index in [0.717, 1.165) is 17.1 Å². The Morgan fingerprint density at radius 3 is 3.15 bits per heavy atom. The predicted octanol–water partition coefficient (Wildman–Crippen LogP) is 1.80. The summed E-state index contributed by atoms with van der Waals surface area (Å²) in [6.45, 7) is 0. The van der Waals surface area contributed by atoms with E-state index in [-0.39, 0.29) is 6.23 Å². The Labute approximate surface area is 75.3 Å². The fourth-order valence-corrected chi connectivity index (χ4v) is 1.45. The topological polar surface area (TPSA) is 30.8 Å². The van der Waals surface area contributed by atoms with Crippen molar-refractivity contribution >= 4 is 12.5 Å². The molecule has 1 atom stereocenters. The molecule has 3 nitrogen and oxygen atoms in total. The Hall–Kier alpha value is -1.77. The molecule has 2 aliphatic heterocycles. The molecule has 0 aromatic heterocycles. The van der Waals surface area contributed by atoms with Crippen molar-refractivity contribution in [1.82, 2.24) is 0 Å². The normalized spacial score (nSPS) is 22.5. The van der Waals surface area contributed by atoms with Gasteiger partial charge in [-0.05, 0) is 12.1 Å². The largest absolute Gasteiger partial charge is 0.460 e. The highest BCUT2D eigenvalue weighted by molar-refractivity contribution is 5.66. The summed E-state index contributed by atoms with van der Waals surface area (Å²) in [4.78, 5) is 4.02. The monoisotopic (exact) mass is 173 g/mol. The molecular weight excluding hydrogens is 166 g/mol. The van der Waals surface area contributed by atoms with E-state index in [2.05, 4.69) is 4.99 Å². The summed E-state index contributed by atoms with van der Waals surface area (Å²) in [6, 6.07) is 7.82. The van der Waals surface area contributed by atoms with Gasteiger partial charge in [0.1, 0.15) is 5.75 Å². The van der Waals surface area contributed by atoms with E-state index in [9.17, 15) is 0 Å². The number of benzene rings is 1. The Kier molecular flexibility index (Phi) is 1.22. The maximum absolute atomic E-state index is 5.56. The molecule has 0 N–H and O–H groups in total. The zero-order valence-corrected chi connectivity index (χ0v) is 6.81. The van der Waals surface area contributed by atoms with Crippen LogP contribution in [0.2, 0.25) is 0 Å². The van der Waals surface area contributed by atoms with Crippen LogP contribution in [-0.2, 0) is 4.74 Å². The first kappa shape index (κ1) is 6.71. The van der Waals surface area contributed by atoms with Gasteiger partial charge in [-0.2, -0.15) is 0 Å². The number of aliphatic imine (C=N–C) groups is 1. The lowest BCUT2D eigenvalue weighted by Gasteiger charge is -2.18. The average molecular weight is 173 g/mol. The summed E-state index contributed by atoms with van der Waals surface area (Å²) in [7, 11) is 0. The van der Waals surface area contributed by atoms with Gasteiger partial charge in [-0.25, -0.2) is 4.99 Å². The van der Waals surface area contributed by atoms with Crippen LogP contribution in [0.4, 0.5) is 0 Å². The van der Waals surface area contributed by atoms with E-state index in [0.29, 0.717) is 0 Å². The number of fused-ring (bicyclic) bond motifs is 2. The summed E-state index contributed by atoms with van der Waals surface area (Å²) in [5.41, 5.74) is 1.04. The summed E-state index contributed by atoms with van der Waals surface area (Å²) in [5, 5.41) is 0. The number of para-hydroxylation sites is 1. The zero-order chi connectivity index (χ0) is 8.67. The van der Waals surface area contributed by atoms with Crippen LogP contribution in [0.5, 0.6) is 5.75 Å². The number of nitrogens with zero attached hydrogens (tertiary/aromatic N) is 1. The van der Waals surface area contributed by atoms with Crippen molar-refractivity contribution in [2.24, 2.45) is 4.99 Å².